The second-order valence-corrected chi connectivity index (χ2v) is 5.98. The van der Waals surface area contributed by atoms with E-state index in [2.05, 4.69) is 43.5 Å². The fourth-order valence-electron chi connectivity index (χ4n) is 3.42. The zero-order valence-electron chi connectivity index (χ0n) is 12.3. The van der Waals surface area contributed by atoms with E-state index in [0.29, 0.717) is 5.92 Å². The molecule has 0 aliphatic heterocycles. The van der Waals surface area contributed by atoms with Crippen molar-refractivity contribution in [2.24, 2.45) is 11.8 Å². The van der Waals surface area contributed by atoms with Gasteiger partial charge in [0.05, 0.1) is 11.6 Å². The third-order valence-corrected chi connectivity index (χ3v) is 4.50. The minimum Gasteiger partial charge on any atom is -0.376 e. The van der Waals surface area contributed by atoms with Gasteiger partial charge in [-0.3, -0.25) is 11.3 Å². The third-order valence-electron chi connectivity index (χ3n) is 4.50. The average Bonchev–Trinajstić information content (AvgIpc) is 2.42. The van der Waals surface area contributed by atoms with Crippen molar-refractivity contribution in [3.05, 3.63) is 35.4 Å². The lowest BCUT2D eigenvalue weighted by molar-refractivity contribution is -0.0806. The summed E-state index contributed by atoms with van der Waals surface area (Å²) >= 11 is 0. The highest BCUT2D eigenvalue weighted by molar-refractivity contribution is 5.26. The Hall–Kier alpha value is -0.900. The summed E-state index contributed by atoms with van der Waals surface area (Å²) in [6.07, 6.45) is 4.62. The van der Waals surface area contributed by atoms with Crippen molar-refractivity contribution in [2.75, 3.05) is 7.11 Å². The van der Waals surface area contributed by atoms with E-state index in [-0.39, 0.29) is 11.6 Å². The number of nitrogens with two attached hydrogens (primary N) is 1. The van der Waals surface area contributed by atoms with Crippen LogP contribution in [0.3, 0.4) is 0 Å². The molecular formula is C16H26N2O. The van der Waals surface area contributed by atoms with Crippen LogP contribution >= 0.6 is 0 Å². The van der Waals surface area contributed by atoms with Crippen LogP contribution in [-0.4, -0.2) is 12.7 Å². The normalized spacial score (nSPS) is 29.2. The van der Waals surface area contributed by atoms with E-state index in [1.54, 1.807) is 0 Å². The molecule has 3 N–H and O–H groups in total. The maximum Gasteiger partial charge on any atom is 0.0888 e. The molecule has 1 aromatic rings. The van der Waals surface area contributed by atoms with Gasteiger partial charge in [-0.25, -0.2) is 0 Å². The van der Waals surface area contributed by atoms with E-state index in [1.807, 2.05) is 7.11 Å². The van der Waals surface area contributed by atoms with Crippen LogP contribution < -0.4 is 11.3 Å². The molecule has 3 heteroatoms. The molecule has 1 fully saturated rings. The molecule has 3 atom stereocenters. The van der Waals surface area contributed by atoms with Crippen LogP contribution in [0, 0.1) is 12.8 Å². The monoisotopic (exact) mass is 262 g/mol. The van der Waals surface area contributed by atoms with E-state index >= 15 is 0 Å². The predicted octanol–water partition coefficient (Wildman–Crippen LogP) is 3.09. The van der Waals surface area contributed by atoms with Crippen LogP contribution in [0.25, 0.3) is 0 Å². The first-order chi connectivity index (χ1) is 9.11. The van der Waals surface area contributed by atoms with Crippen molar-refractivity contribution in [3.8, 4) is 0 Å². The molecule has 0 amide bonds. The maximum atomic E-state index is 5.94. The molecule has 2 rings (SSSR count). The second-order valence-electron chi connectivity index (χ2n) is 5.98. The molecule has 0 aromatic heterocycles. The fourth-order valence-corrected chi connectivity index (χ4v) is 3.42. The summed E-state index contributed by atoms with van der Waals surface area (Å²) in [5, 5.41) is 0. The standard InChI is InChI=1S/C16H26N2O/c1-12-6-8-14(9-7-12)15(18-17)16(19-3)10-4-5-13(2)11-16/h6-9,13,15,18H,4-5,10-11,17H2,1-3H3. The summed E-state index contributed by atoms with van der Waals surface area (Å²) in [7, 11) is 1.82. The molecule has 1 aliphatic rings. The summed E-state index contributed by atoms with van der Waals surface area (Å²) in [4.78, 5) is 0. The van der Waals surface area contributed by atoms with Crippen molar-refractivity contribution < 1.29 is 4.74 Å². The Morgan fingerprint density at radius 3 is 2.58 bits per heavy atom. The molecule has 106 valence electrons. The van der Waals surface area contributed by atoms with E-state index < -0.39 is 0 Å². The highest BCUT2D eigenvalue weighted by atomic mass is 16.5. The second kappa shape index (κ2) is 6.04. The van der Waals surface area contributed by atoms with Gasteiger partial charge in [0.25, 0.3) is 0 Å². The van der Waals surface area contributed by atoms with Gasteiger partial charge >= 0.3 is 0 Å². The lowest BCUT2D eigenvalue weighted by atomic mass is 9.73. The first-order valence-corrected chi connectivity index (χ1v) is 7.19. The topological polar surface area (TPSA) is 47.3 Å². The van der Waals surface area contributed by atoms with E-state index in [0.717, 1.165) is 12.8 Å². The fraction of sp³-hybridized carbons (Fsp3) is 0.625. The molecule has 19 heavy (non-hydrogen) atoms. The minimum atomic E-state index is -0.179. The number of methoxy groups -OCH3 is 1. The molecule has 1 aliphatic carbocycles. The van der Waals surface area contributed by atoms with Gasteiger partial charge in [-0.1, -0.05) is 49.6 Å². The van der Waals surface area contributed by atoms with Crippen molar-refractivity contribution in [2.45, 2.75) is 51.2 Å². The van der Waals surface area contributed by atoms with Gasteiger partial charge in [-0.15, -0.1) is 0 Å². The lowest BCUT2D eigenvalue weighted by Gasteiger charge is -2.44. The van der Waals surface area contributed by atoms with Gasteiger partial charge in [0.2, 0.25) is 0 Å². The van der Waals surface area contributed by atoms with Gasteiger partial charge in [-0.05, 0) is 31.2 Å². The predicted molar refractivity (Wildman–Crippen MR) is 78.6 cm³/mol. The zero-order chi connectivity index (χ0) is 13.9. The highest BCUT2D eigenvalue weighted by Crippen LogP contribution is 2.42. The largest absolute Gasteiger partial charge is 0.376 e. The van der Waals surface area contributed by atoms with Gasteiger partial charge < -0.3 is 4.74 Å². The summed E-state index contributed by atoms with van der Waals surface area (Å²) in [5.41, 5.74) is 5.29. The van der Waals surface area contributed by atoms with Gasteiger partial charge in [0.15, 0.2) is 0 Å². The number of benzene rings is 1. The summed E-state index contributed by atoms with van der Waals surface area (Å²) in [5.74, 6) is 6.54. The zero-order valence-corrected chi connectivity index (χ0v) is 12.3. The van der Waals surface area contributed by atoms with Crippen molar-refractivity contribution in [1.29, 1.82) is 0 Å². The van der Waals surface area contributed by atoms with Gasteiger partial charge in [-0.2, -0.15) is 0 Å². The van der Waals surface area contributed by atoms with Crippen LogP contribution in [0.2, 0.25) is 0 Å². The molecule has 1 saturated carbocycles. The van der Waals surface area contributed by atoms with E-state index in [9.17, 15) is 0 Å². The van der Waals surface area contributed by atoms with E-state index in [1.165, 1.54) is 24.0 Å². The summed E-state index contributed by atoms with van der Waals surface area (Å²) < 4.78 is 5.94. The smallest absolute Gasteiger partial charge is 0.0888 e. The molecule has 0 bridgehead atoms. The molecule has 3 nitrogen and oxygen atoms in total. The molecule has 3 unspecified atom stereocenters. The lowest BCUT2D eigenvalue weighted by Crippen LogP contribution is -2.50. The Kier molecular flexibility index (Phi) is 4.61. The number of hydrogen-bond donors (Lipinski definition) is 2. The van der Waals surface area contributed by atoms with Crippen LogP contribution in [0.15, 0.2) is 24.3 Å². The van der Waals surface area contributed by atoms with Crippen molar-refractivity contribution in [1.82, 2.24) is 5.43 Å². The Balaban J connectivity index is 2.30. The van der Waals surface area contributed by atoms with Gasteiger partial charge in [0, 0.05) is 7.11 Å². The Bertz CT molecular complexity index is 404. The number of nitrogens with one attached hydrogen (secondary N) is 1. The van der Waals surface area contributed by atoms with Crippen LogP contribution in [0.4, 0.5) is 0 Å². The molecule has 0 heterocycles. The van der Waals surface area contributed by atoms with Crippen molar-refractivity contribution in [3.63, 3.8) is 0 Å². The van der Waals surface area contributed by atoms with E-state index in [4.69, 9.17) is 10.6 Å². The number of hydrazine groups is 1. The SMILES string of the molecule is COC1(C(NN)c2ccc(C)cc2)CCCC(C)C1. The highest BCUT2D eigenvalue weighted by Gasteiger charge is 2.42. The molecule has 0 spiro atoms. The third kappa shape index (κ3) is 2.99. The first-order valence-electron chi connectivity index (χ1n) is 7.19. The minimum absolute atomic E-state index is 0.0563. The van der Waals surface area contributed by atoms with Crippen LogP contribution in [-0.2, 0) is 4.74 Å². The molecule has 0 radical (unpaired) electrons. The molecule has 1 aromatic carbocycles. The van der Waals surface area contributed by atoms with Crippen LogP contribution in [0.1, 0.15) is 49.8 Å². The number of rotatable bonds is 4. The Labute approximate surface area is 116 Å². The number of aryl methyl sites for hydroxylation is 1. The maximum absolute atomic E-state index is 5.94. The summed E-state index contributed by atoms with van der Waals surface area (Å²) in [6.45, 7) is 4.40. The Morgan fingerprint density at radius 2 is 2.05 bits per heavy atom. The quantitative estimate of drug-likeness (QED) is 0.647. The van der Waals surface area contributed by atoms with Crippen LogP contribution in [0.5, 0.6) is 0 Å². The first kappa shape index (κ1) is 14.5. The number of ether oxygens (including phenoxy) is 1. The number of hydrogen-bond acceptors (Lipinski definition) is 3. The van der Waals surface area contributed by atoms with Gasteiger partial charge in [0.1, 0.15) is 0 Å². The summed E-state index contributed by atoms with van der Waals surface area (Å²) in [6, 6.07) is 8.63. The molecule has 0 saturated heterocycles. The van der Waals surface area contributed by atoms with Crippen molar-refractivity contribution >= 4 is 0 Å². The Morgan fingerprint density at radius 1 is 1.37 bits per heavy atom. The molecular weight excluding hydrogens is 236 g/mol. The average molecular weight is 262 g/mol.